The topological polar surface area (TPSA) is 101 Å². The molecule has 2 aliphatic heterocycles. The highest BCUT2D eigenvalue weighted by molar-refractivity contribution is 7.98. The second-order valence-electron chi connectivity index (χ2n) is 7.91. The Morgan fingerprint density at radius 1 is 1.13 bits per heavy atom. The summed E-state index contributed by atoms with van der Waals surface area (Å²) in [6, 6.07) is 1.96. The van der Waals surface area contributed by atoms with Gasteiger partial charge in [0.25, 0.3) is 0 Å². The molecule has 31 heavy (non-hydrogen) atoms. The molecule has 2 fully saturated rings. The second-order valence-corrected chi connectivity index (χ2v) is 9.23. The monoisotopic (exact) mass is 462 g/mol. The summed E-state index contributed by atoms with van der Waals surface area (Å²) in [5, 5.41) is 21.6. The number of H-pyrrole nitrogens is 1. The first-order valence-corrected chi connectivity index (χ1v) is 12.0. The Bertz CT molecular complexity index is 1080. The molecular formula is C19H26N8O2S2. The lowest BCUT2D eigenvalue weighted by Crippen LogP contribution is -2.18. The van der Waals surface area contributed by atoms with Gasteiger partial charge in [0.05, 0.1) is 31.1 Å². The molecule has 5 rings (SSSR count). The molecule has 3 aromatic rings. The number of hydrogen-bond acceptors (Lipinski definition) is 8. The van der Waals surface area contributed by atoms with Gasteiger partial charge < -0.3 is 14.0 Å². The smallest absolute Gasteiger partial charge is 0.195 e. The number of ether oxygens (including phenoxy) is 2. The highest BCUT2D eigenvalue weighted by Gasteiger charge is 2.24. The maximum absolute atomic E-state index is 5.88. The molecule has 3 aromatic heterocycles. The lowest BCUT2D eigenvalue weighted by Gasteiger charge is -2.14. The van der Waals surface area contributed by atoms with E-state index in [1.54, 1.807) is 16.4 Å². The van der Waals surface area contributed by atoms with Crippen LogP contribution in [-0.4, -0.2) is 64.7 Å². The lowest BCUT2D eigenvalue weighted by molar-refractivity contribution is 0.0952. The van der Waals surface area contributed by atoms with E-state index >= 15 is 0 Å². The third-order valence-corrected chi connectivity index (χ3v) is 6.92. The van der Waals surface area contributed by atoms with Gasteiger partial charge in [0.1, 0.15) is 11.5 Å². The second kappa shape index (κ2) is 9.23. The van der Waals surface area contributed by atoms with E-state index in [4.69, 9.17) is 21.7 Å². The van der Waals surface area contributed by atoms with Crippen molar-refractivity contribution in [1.29, 1.82) is 0 Å². The molecule has 0 aliphatic carbocycles. The number of rotatable bonds is 8. The van der Waals surface area contributed by atoms with E-state index in [9.17, 15) is 0 Å². The van der Waals surface area contributed by atoms with Gasteiger partial charge in [0, 0.05) is 26.5 Å². The molecule has 5 heterocycles. The normalized spacial score (nSPS) is 21.3. The molecule has 2 atom stereocenters. The molecule has 2 saturated heterocycles. The third-order valence-electron chi connectivity index (χ3n) is 5.65. The number of aromatic nitrogens is 8. The summed E-state index contributed by atoms with van der Waals surface area (Å²) < 4.78 is 18.2. The zero-order chi connectivity index (χ0) is 21.2. The average Bonchev–Trinajstić information content (AvgIpc) is 3.57. The van der Waals surface area contributed by atoms with Crippen molar-refractivity contribution in [1.82, 2.24) is 39.3 Å². The minimum atomic E-state index is 0.173. The summed E-state index contributed by atoms with van der Waals surface area (Å²) in [5.74, 6) is 2.28. The van der Waals surface area contributed by atoms with Gasteiger partial charge in [0.2, 0.25) is 0 Å². The Balaban J connectivity index is 1.36. The number of aromatic amines is 1. The number of thioether (sulfide) groups is 1. The zero-order valence-electron chi connectivity index (χ0n) is 17.4. The van der Waals surface area contributed by atoms with E-state index < -0.39 is 0 Å². The van der Waals surface area contributed by atoms with Gasteiger partial charge in [-0.05, 0) is 44.0 Å². The minimum absolute atomic E-state index is 0.173. The lowest BCUT2D eigenvalue weighted by atomic mass is 10.2. The van der Waals surface area contributed by atoms with Gasteiger partial charge in [-0.25, -0.2) is 0 Å². The highest BCUT2D eigenvalue weighted by atomic mass is 32.2. The molecule has 166 valence electrons. The van der Waals surface area contributed by atoms with Gasteiger partial charge in [-0.1, -0.05) is 11.8 Å². The van der Waals surface area contributed by atoms with Crippen molar-refractivity contribution in [3.05, 3.63) is 22.9 Å². The molecule has 12 heteroatoms. The van der Waals surface area contributed by atoms with Crippen LogP contribution in [0.2, 0.25) is 0 Å². The molecule has 0 unspecified atom stereocenters. The Kier molecular flexibility index (Phi) is 6.21. The molecule has 0 amide bonds. The summed E-state index contributed by atoms with van der Waals surface area (Å²) in [6.45, 7) is 3.08. The van der Waals surface area contributed by atoms with Crippen molar-refractivity contribution >= 4 is 24.0 Å². The standard InChI is InChI=1S/C19H26N8O2S2/c1-25-7-6-15(24-25)17-21-23-19(27(17)11-14-5-3-9-29-14)31-12-16-20-22-18(30)26(16)10-13-4-2-8-28-13/h6-7,13-14H,2-5,8-12H2,1H3,(H,22,30)/t13-,14-/m0/s1. The quantitative estimate of drug-likeness (QED) is 0.403. The molecule has 10 nitrogen and oxygen atoms in total. The van der Waals surface area contributed by atoms with Crippen LogP contribution < -0.4 is 0 Å². The van der Waals surface area contributed by atoms with Gasteiger partial charge in [0.15, 0.2) is 15.8 Å². The summed E-state index contributed by atoms with van der Waals surface area (Å²) >= 11 is 7.05. The Morgan fingerprint density at radius 3 is 2.52 bits per heavy atom. The van der Waals surface area contributed by atoms with Crippen LogP contribution in [0.25, 0.3) is 11.5 Å². The molecule has 0 radical (unpaired) electrons. The number of hydrogen-bond donors (Lipinski definition) is 1. The zero-order valence-corrected chi connectivity index (χ0v) is 19.1. The Hall–Kier alpha value is -2.02. The number of nitrogens with one attached hydrogen (secondary N) is 1. The summed E-state index contributed by atoms with van der Waals surface area (Å²) in [4.78, 5) is 0. The summed E-state index contributed by atoms with van der Waals surface area (Å²) in [6.07, 6.45) is 6.58. The Labute approximate surface area is 189 Å². The molecule has 0 bridgehead atoms. The number of aryl methyl sites for hydroxylation is 1. The van der Waals surface area contributed by atoms with Gasteiger partial charge in [-0.15, -0.1) is 10.2 Å². The molecular weight excluding hydrogens is 436 g/mol. The van der Waals surface area contributed by atoms with Crippen molar-refractivity contribution in [2.45, 2.75) is 61.9 Å². The largest absolute Gasteiger partial charge is 0.376 e. The minimum Gasteiger partial charge on any atom is -0.376 e. The summed E-state index contributed by atoms with van der Waals surface area (Å²) in [7, 11) is 1.90. The first-order chi connectivity index (χ1) is 15.2. The van der Waals surface area contributed by atoms with Crippen molar-refractivity contribution in [3.63, 3.8) is 0 Å². The third kappa shape index (κ3) is 4.61. The predicted molar refractivity (Wildman–Crippen MR) is 117 cm³/mol. The predicted octanol–water partition coefficient (Wildman–Crippen LogP) is 2.58. The first-order valence-electron chi connectivity index (χ1n) is 10.6. The van der Waals surface area contributed by atoms with Crippen LogP contribution in [0.15, 0.2) is 17.4 Å². The van der Waals surface area contributed by atoms with Gasteiger partial charge in [-0.2, -0.15) is 10.2 Å². The van der Waals surface area contributed by atoms with E-state index in [1.807, 2.05) is 23.9 Å². The molecule has 1 N–H and O–H groups in total. The van der Waals surface area contributed by atoms with Crippen LogP contribution in [-0.2, 0) is 35.4 Å². The first kappa shape index (κ1) is 20.9. The van der Waals surface area contributed by atoms with E-state index in [-0.39, 0.29) is 12.2 Å². The Morgan fingerprint density at radius 2 is 1.87 bits per heavy atom. The molecule has 0 aromatic carbocycles. The summed E-state index contributed by atoms with van der Waals surface area (Å²) in [5.41, 5.74) is 0.806. The van der Waals surface area contributed by atoms with Crippen molar-refractivity contribution in [2.75, 3.05) is 13.2 Å². The van der Waals surface area contributed by atoms with E-state index in [1.165, 1.54) is 0 Å². The SMILES string of the molecule is Cn1ccc(-c2nnc(SCc3n[nH]c(=S)n3C[C@@H]3CCCO3)n2C[C@@H]2CCCO2)n1. The van der Waals surface area contributed by atoms with Gasteiger partial charge in [-0.3, -0.25) is 14.3 Å². The van der Waals surface area contributed by atoms with Crippen molar-refractivity contribution in [3.8, 4) is 11.5 Å². The fraction of sp³-hybridized carbons (Fsp3) is 0.632. The van der Waals surface area contributed by atoms with E-state index in [0.29, 0.717) is 17.1 Å². The highest BCUT2D eigenvalue weighted by Crippen LogP contribution is 2.28. The van der Waals surface area contributed by atoms with E-state index in [2.05, 4.69) is 30.1 Å². The van der Waals surface area contributed by atoms with E-state index in [0.717, 1.165) is 67.9 Å². The average molecular weight is 463 g/mol. The van der Waals surface area contributed by atoms with Crippen LogP contribution in [0.4, 0.5) is 0 Å². The fourth-order valence-electron chi connectivity index (χ4n) is 4.05. The van der Waals surface area contributed by atoms with Crippen LogP contribution in [0, 0.1) is 4.77 Å². The maximum atomic E-state index is 5.88. The number of nitrogens with zero attached hydrogens (tertiary/aromatic N) is 7. The van der Waals surface area contributed by atoms with Crippen molar-refractivity contribution < 1.29 is 9.47 Å². The van der Waals surface area contributed by atoms with Crippen LogP contribution >= 0.6 is 24.0 Å². The van der Waals surface area contributed by atoms with Crippen LogP contribution in [0.3, 0.4) is 0 Å². The molecule has 0 saturated carbocycles. The van der Waals surface area contributed by atoms with Gasteiger partial charge >= 0.3 is 0 Å². The van der Waals surface area contributed by atoms with Crippen LogP contribution in [0.5, 0.6) is 0 Å². The fourth-order valence-corrected chi connectivity index (χ4v) is 5.17. The molecule has 2 aliphatic rings. The van der Waals surface area contributed by atoms with Crippen molar-refractivity contribution in [2.24, 2.45) is 7.05 Å². The van der Waals surface area contributed by atoms with Crippen LogP contribution in [0.1, 0.15) is 31.5 Å². The molecule has 0 spiro atoms. The maximum Gasteiger partial charge on any atom is 0.195 e.